The van der Waals surface area contributed by atoms with Crippen molar-refractivity contribution in [3.63, 3.8) is 0 Å². The molecule has 0 aromatic heterocycles. The number of nitrogens with one attached hydrogen (secondary N) is 1. The van der Waals surface area contributed by atoms with Gasteiger partial charge in [-0.3, -0.25) is 4.79 Å². The highest BCUT2D eigenvalue weighted by atomic mass is 16.1. The van der Waals surface area contributed by atoms with Gasteiger partial charge in [0.2, 0.25) is 5.91 Å². The Kier molecular flexibility index (Phi) is 12.1. The van der Waals surface area contributed by atoms with Gasteiger partial charge in [0.05, 0.1) is 0 Å². The molecule has 0 heterocycles. The maximum absolute atomic E-state index is 10.9. The molecule has 0 radical (unpaired) electrons. The van der Waals surface area contributed by atoms with Crippen molar-refractivity contribution in [1.29, 1.82) is 0 Å². The average Bonchev–Trinajstić information content (AvgIpc) is 2.31. The highest BCUT2D eigenvalue weighted by molar-refractivity contribution is 5.75. The number of carbonyl (C=O) groups is 1. The highest BCUT2D eigenvalue weighted by Crippen LogP contribution is 2.09. The molecule has 1 amide bonds. The summed E-state index contributed by atoms with van der Waals surface area (Å²) in [5, 5.41) is 2.91. The Morgan fingerprint density at radius 1 is 0.812 bits per heavy atom. The monoisotopic (exact) mass is 227 g/mol. The van der Waals surface area contributed by atoms with Gasteiger partial charge in [0, 0.05) is 13.0 Å². The van der Waals surface area contributed by atoms with Crippen LogP contribution in [0.1, 0.15) is 78.1 Å². The summed E-state index contributed by atoms with van der Waals surface area (Å²) in [7, 11) is 0. The zero-order valence-corrected chi connectivity index (χ0v) is 11.2. The van der Waals surface area contributed by atoms with Gasteiger partial charge in [0.15, 0.2) is 0 Å². The zero-order valence-electron chi connectivity index (χ0n) is 11.2. The normalized spacial score (nSPS) is 10.4. The van der Waals surface area contributed by atoms with E-state index in [0.717, 1.165) is 13.0 Å². The number of amides is 1. The first kappa shape index (κ1) is 15.5. The lowest BCUT2D eigenvalue weighted by molar-refractivity contribution is -0.120. The van der Waals surface area contributed by atoms with Crippen LogP contribution >= 0.6 is 0 Å². The molecule has 16 heavy (non-hydrogen) atoms. The highest BCUT2D eigenvalue weighted by Gasteiger charge is 1.95. The van der Waals surface area contributed by atoms with Crippen molar-refractivity contribution in [3.8, 4) is 0 Å². The van der Waals surface area contributed by atoms with E-state index in [1.54, 1.807) is 0 Å². The van der Waals surface area contributed by atoms with Gasteiger partial charge in [-0.15, -0.1) is 0 Å². The molecule has 2 heteroatoms. The number of hydrogen-bond acceptors (Lipinski definition) is 1. The quantitative estimate of drug-likeness (QED) is 0.530. The molecule has 0 bridgehead atoms. The Hall–Kier alpha value is -0.530. The molecule has 0 saturated heterocycles. The van der Waals surface area contributed by atoms with E-state index in [4.69, 9.17) is 0 Å². The molecule has 0 aliphatic heterocycles. The van der Waals surface area contributed by atoms with Gasteiger partial charge in [0.1, 0.15) is 0 Å². The molecule has 0 rings (SSSR count). The van der Waals surface area contributed by atoms with Crippen molar-refractivity contribution in [3.05, 3.63) is 0 Å². The van der Waals surface area contributed by atoms with E-state index in [1.807, 2.05) is 6.92 Å². The van der Waals surface area contributed by atoms with Crippen molar-refractivity contribution >= 4 is 5.91 Å². The van der Waals surface area contributed by atoms with Crippen molar-refractivity contribution in [1.82, 2.24) is 5.32 Å². The fourth-order valence-corrected chi connectivity index (χ4v) is 1.79. The molecule has 2 nitrogen and oxygen atoms in total. The lowest BCUT2D eigenvalue weighted by atomic mass is 10.1. The van der Waals surface area contributed by atoms with Crippen molar-refractivity contribution < 1.29 is 4.79 Å². The molecule has 0 aliphatic rings. The molecule has 0 saturated carbocycles. The lowest BCUT2D eigenvalue weighted by Gasteiger charge is -2.03. The van der Waals surface area contributed by atoms with E-state index in [9.17, 15) is 4.79 Å². The minimum Gasteiger partial charge on any atom is -0.356 e. The van der Waals surface area contributed by atoms with E-state index >= 15 is 0 Å². The molecular formula is C14H29NO. The second-order valence-corrected chi connectivity index (χ2v) is 4.53. The summed E-state index contributed by atoms with van der Waals surface area (Å²) in [5.74, 6) is 0.180. The first-order chi connectivity index (χ1) is 7.81. The maximum Gasteiger partial charge on any atom is 0.219 e. The molecule has 0 aromatic carbocycles. The molecule has 1 N–H and O–H groups in total. The number of hydrogen-bond donors (Lipinski definition) is 1. The molecule has 0 fully saturated rings. The standard InChI is InChI=1S/C14H29NO/c1-3-5-6-7-8-9-10-11-12-13-15-14(16)4-2/h3-13H2,1-2H3,(H,15,16). The first-order valence-electron chi connectivity index (χ1n) is 7.08. The third kappa shape index (κ3) is 11.5. The van der Waals surface area contributed by atoms with Gasteiger partial charge in [-0.25, -0.2) is 0 Å². The molecule has 0 spiro atoms. The smallest absolute Gasteiger partial charge is 0.219 e. The van der Waals surface area contributed by atoms with E-state index < -0.39 is 0 Å². The zero-order chi connectivity index (χ0) is 12.1. The second kappa shape index (κ2) is 12.5. The van der Waals surface area contributed by atoms with Gasteiger partial charge < -0.3 is 5.32 Å². The summed E-state index contributed by atoms with van der Waals surface area (Å²) in [5.41, 5.74) is 0. The summed E-state index contributed by atoms with van der Waals surface area (Å²) >= 11 is 0. The fraction of sp³-hybridized carbons (Fsp3) is 0.929. The Morgan fingerprint density at radius 2 is 1.31 bits per heavy atom. The lowest BCUT2D eigenvalue weighted by Crippen LogP contribution is -2.23. The van der Waals surface area contributed by atoms with Gasteiger partial charge in [-0.05, 0) is 6.42 Å². The fourth-order valence-electron chi connectivity index (χ4n) is 1.79. The van der Waals surface area contributed by atoms with Gasteiger partial charge in [-0.2, -0.15) is 0 Å². The molecule has 0 aliphatic carbocycles. The van der Waals surface area contributed by atoms with Crippen LogP contribution in [0.15, 0.2) is 0 Å². The molecule has 0 unspecified atom stereocenters. The number of rotatable bonds is 11. The molecule has 0 atom stereocenters. The maximum atomic E-state index is 10.9. The summed E-state index contributed by atoms with van der Waals surface area (Å²) in [6, 6.07) is 0. The third-order valence-electron chi connectivity index (χ3n) is 2.92. The van der Waals surface area contributed by atoms with Crippen LogP contribution in [0.25, 0.3) is 0 Å². The molecule has 96 valence electrons. The van der Waals surface area contributed by atoms with Gasteiger partial charge >= 0.3 is 0 Å². The predicted octanol–water partition coefficient (Wildman–Crippen LogP) is 4.04. The average molecular weight is 227 g/mol. The molecular weight excluding hydrogens is 198 g/mol. The van der Waals surface area contributed by atoms with Crippen molar-refractivity contribution in [2.75, 3.05) is 6.54 Å². The van der Waals surface area contributed by atoms with Crippen LogP contribution in [0.4, 0.5) is 0 Å². The van der Waals surface area contributed by atoms with Crippen LogP contribution in [-0.4, -0.2) is 12.5 Å². The minimum absolute atomic E-state index is 0.180. The van der Waals surface area contributed by atoms with E-state index in [1.165, 1.54) is 51.4 Å². The first-order valence-corrected chi connectivity index (χ1v) is 7.08. The van der Waals surface area contributed by atoms with Crippen LogP contribution in [0.3, 0.4) is 0 Å². The van der Waals surface area contributed by atoms with Crippen LogP contribution in [0, 0.1) is 0 Å². The summed E-state index contributed by atoms with van der Waals surface area (Å²) in [6.07, 6.45) is 12.6. The van der Waals surface area contributed by atoms with E-state index in [0.29, 0.717) is 6.42 Å². The Balaban J connectivity index is 2.96. The van der Waals surface area contributed by atoms with Crippen molar-refractivity contribution in [2.24, 2.45) is 0 Å². The van der Waals surface area contributed by atoms with Crippen LogP contribution in [0.2, 0.25) is 0 Å². The van der Waals surface area contributed by atoms with E-state index in [2.05, 4.69) is 12.2 Å². The summed E-state index contributed by atoms with van der Waals surface area (Å²) in [4.78, 5) is 10.9. The Labute approximate surface area is 101 Å². The minimum atomic E-state index is 0.180. The van der Waals surface area contributed by atoms with Gasteiger partial charge in [-0.1, -0.05) is 65.2 Å². The van der Waals surface area contributed by atoms with Gasteiger partial charge in [0.25, 0.3) is 0 Å². The topological polar surface area (TPSA) is 29.1 Å². The largest absolute Gasteiger partial charge is 0.356 e. The van der Waals surface area contributed by atoms with Crippen molar-refractivity contribution in [2.45, 2.75) is 78.1 Å². The second-order valence-electron chi connectivity index (χ2n) is 4.53. The van der Waals surface area contributed by atoms with Crippen LogP contribution < -0.4 is 5.32 Å². The Morgan fingerprint density at radius 3 is 1.81 bits per heavy atom. The summed E-state index contributed by atoms with van der Waals surface area (Å²) < 4.78 is 0. The number of carbonyl (C=O) groups excluding carboxylic acids is 1. The SMILES string of the molecule is CCCCCCCCCCCNC(=O)CC. The molecule has 0 aromatic rings. The summed E-state index contributed by atoms with van der Waals surface area (Å²) in [6.45, 7) is 5.01. The van der Waals surface area contributed by atoms with E-state index in [-0.39, 0.29) is 5.91 Å². The van der Waals surface area contributed by atoms with Crippen LogP contribution in [0.5, 0.6) is 0 Å². The third-order valence-corrected chi connectivity index (χ3v) is 2.92. The van der Waals surface area contributed by atoms with Crippen LogP contribution in [-0.2, 0) is 4.79 Å². The number of unbranched alkanes of at least 4 members (excludes halogenated alkanes) is 8. The predicted molar refractivity (Wildman–Crippen MR) is 70.5 cm³/mol. The Bertz CT molecular complexity index is 157.